The highest BCUT2D eigenvalue weighted by molar-refractivity contribution is 6.05. The molecule has 0 aliphatic heterocycles. The molecule has 4 nitrogen and oxygen atoms in total. The second-order valence-corrected chi connectivity index (χ2v) is 3.19. The Morgan fingerprint density at radius 1 is 1.47 bits per heavy atom. The maximum absolute atomic E-state index is 11.6. The molecule has 2 N–H and O–H groups in total. The molecule has 2 aromatic heterocycles. The standard InChI is InChI=1S/C11H12N2O2/c1-15-10-3-2-5-13-6-4-8(11(10)13)9(14)7-12/h2-6H,7,12H2,1H3. The predicted molar refractivity (Wildman–Crippen MR) is 57.3 cm³/mol. The van der Waals surface area contributed by atoms with Crippen LogP contribution in [0.4, 0.5) is 0 Å². The zero-order valence-corrected chi connectivity index (χ0v) is 8.43. The smallest absolute Gasteiger partial charge is 0.178 e. The average Bonchev–Trinajstić information content (AvgIpc) is 2.71. The number of fused-ring (bicyclic) bond motifs is 1. The van der Waals surface area contributed by atoms with E-state index in [4.69, 9.17) is 10.5 Å². The van der Waals surface area contributed by atoms with Crippen LogP contribution in [0.3, 0.4) is 0 Å². The summed E-state index contributed by atoms with van der Waals surface area (Å²) in [4.78, 5) is 11.6. The summed E-state index contributed by atoms with van der Waals surface area (Å²) in [5, 5.41) is 0. The van der Waals surface area contributed by atoms with E-state index in [0.717, 1.165) is 5.52 Å². The highest BCUT2D eigenvalue weighted by atomic mass is 16.5. The van der Waals surface area contributed by atoms with Crippen LogP contribution < -0.4 is 10.5 Å². The number of pyridine rings is 1. The number of rotatable bonds is 3. The number of hydrogen-bond donors (Lipinski definition) is 1. The quantitative estimate of drug-likeness (QED) is 0.761. The Bertz CT molecular complexity index is 502. The van der Waals surface area contributed by atoms with Gasteiger partial charge in [-0.3, -0.25) is 4.79 Å². The Balaban J connectivity index is 2.71. The minimum Gasteiger partial charge on any atom is -0.495 e. The lowest BCUT2D eigenvalue weighted by Crippen LogP contribution is -2.13. The Labute approximate surface area is 87.3 Å². The van der Waals surface area contributed by atoms with E-state index in [1.807, 2.05) is 28.9 Å². The number of methoxy groups -OCH3 is 1. The van der Waals surface area contributed by atoms with E-state index in [9.17, 15) is 4.79 Å². The number of nitrogens with two attached hydrogens (primary N) is 1. The molecule has 0 atom stereocenters. The predicted octanol–water partition coefficient (Wildman–Crippen LogP) is 1.09. The van der Waals surface area contributed by atoms with Gasteiger partial charge in [0.1, 0.15) is 5.75 Å². The van der Waals surface area contributed by atoms with Crippen LogP contribution in [0.1, 0.15) is 10.4 Å². The normalized spacial score (nSPS) is 10.5. The lowest BCUT2D eigenvalue weighted by atomic mass is 10.1. The third-order valence-corrected chi connectivity index (χ3v) is 2.35. The third kappa shape index (κ3) is 1.49. The molecule has 0 radical (unpaired) electrons. The summed E-state index contributed by atoms with van der Waals surface area (Å²) >= 11 is 0. The molecule has 0 amide bonds. The fourth-order valence-electron chi connectivity index (χ4n) is 1.63. The SMILES string of the molecule is COc1cccn2ccc(C(=O)CN)c12. The van der Waals surface area contributed by atoms with Gasteiger partial charge in [-0.15, -0.1) is 0 Å². The van der Waals surface area contributed by atoms with E-state index >= 15 is 0 Å². The second-order valence-electron chi connectivity index (χ2n) is 3.19. The van der Waals surface area contributed by atoms with E-state index < -0.39 is 0 Å². The van der Waals surface area contributed by atoms with Crippen molar-refractivity contribution in [3.63, 3.8) is 0 Å². The van der Waals surface area contributed by atoms with Crippen LogP contribution in [0.2, 0.25) is 0 Å². The number of carbonyl (C=O) groups is 1. The number of aromatic nitrogens is 1. The molecule has 2 rings (SSSR count). The van der Waals surface area contributed by atoms with Crippen molar-refractivity contribution in [2.75, 3.05) is 13.7 Å². The summed E-state index contributed by atoms with van der Waals surface area (Å²) in [5.41, 5.74) is 6.73. The van der Waals surface area contributed by atoms with Gasteiger partial charge in [0.05, 0.1) is 19.2 Å². The van der Waals surface area contributed by atoms with Crippen molar-refractivity contribution in [1.29, 1.82) is 0 Å². The Morgan fingerprint density at radius 3 is 2.93 bits per heavy atom. The topological polar surface area (TPSA) is 56.7 Å². The van der Waals surface area contributed by atoms with E-state index in [1.54, 1.807) is 13.2 Å². The van der Waals surface area contributed by atoms with Crippen LogP contribution in [0.5, 0.6) is 5.75 Å². The van der Waals surface area contributed by atoms with Gasteiger partial charge in [-0.1, -0.05) is 0 Å². The van der Waals surface area contributed by atoms with E-state index in [-0.39, 0.29) is 12.3 Å². The van der Waals surface area contributed by atoms with Gasteiger partial charge in [-0.05, 0) is 18.2 Å². The van der Waals surface area contributed by atoms with Gasteiger partial charge in [0.15, 0.2) is 5.78 Å². The summed E-state index contributed by atoms with van der Waals surface area (Å²) in [7, 11) is 1.58. The van der Waals surface area contributed by atoms with Crippen molar-refractivity contribution in [1.82, 2.24) is 4.40 Å². The van der Waals surface area contributed by atoms with Crippen LogP contribution in [0.25, 0.3) is 5.52 Å². The number of ketones is 1. The minimum atomic E-state index is -0.0815. The average molecular weight is 204 g/mol. The van der Waals surface area contributed by atoms with Gasteiger partial charge >= 0.3 is 0 Å². The minimum absolute atomic E-state index is 0.0116. The van der Waals surface area contributed by atoms with Crippen molar-refractivity contribution in [3.05, 3.63) is 36.2 Å². The molecule has 78 valence electrons. The summed E-state index contributed by atoms with van der Waals surface area (Å²) in [6.45, 7) is 0.0116. The zero-order valence-electron chi connectivity index (χ0n) is 8.43. The molecule has 0 spiro atoms. The van der Waals surface area contributed by atoms with Crippen molar-refractivity contribution in [3.8, 4) is 5.75 Å². The maximum atomic E-state index is 11.6. The van der Waals surface area contributed by atoms with E-state index in [1.165, 1.54) is 0 Å². The summed E-state index contributed by atoms with van der Waals surface area (Å²) in [5.74, 6) is 0.598. The van der Waals surface area contributed by atoms with Gasteiger partial charge in [0.25, 0.3) is 0 Å². The molecule has 0 fully saturated rings. The highest BCUT2D eigenvalue weighted by Crippen LogP contribution is 2.24. The molecule has 0 unspecified atom stereocenters. The molecular weight excluding hydrogens is 192 g/mol. The van der Waals surface area contributed by atoms with Crippen molar-refractivity contribution < 1.29 is 9.53 Å². The summed E-state index contributed by atoms with van der Waals surface area (Å²) in [6, 6.07) is 5.44. The first-order chi connectivity index (χ1) is 7.27. The number of ether oxygens (including phenoxy) is 1. The molecule has 0 aliphatic rings. The monoisotopic (exact) mass is 204 g/mol. The van der Waals surface area contributed by atoms with Crippen LogP contribution >= 0.6 is 0 Å². The molecule has 0 saturated carbocycles. The zero-order chi connectivity index (χ0) is 10.8. The van der Waals surface area contributed by atoms with Gasteiger partial charge in [-0.25, -0.2) is 0 Å². The molecule has 2 aromatic rings. The largest absolute Gasteiger partial charge is 0.495 e. The number of hydrogen-bond acceptors (Lipinski definition) is 3. The molecule has 0 bridgehead atoms. The molecular formula is C11H12N2O2. The van der Waals surface area contributed by atoms with Gasteiger partial charge < -0.3 is 14.9 Å². The van der Waals surface area contributed by atoms with Gasteiger partial charge in [0, 0.05) is 18.0 Å². The van der Waals surface area contributed by atoms with Crippen molar-refractivity contribution in [2.24, 2.45) is 5.73 Å². The van der Waals surface area contributed by atoms with Crippen molar-refractivity contribution >= 4 is 11.3 Å². The molecule has 2 heterocycles. The Kier molecular flexibility index (Phi) is 2.43. The molecule has 0 saturated heterocycles. The van der Waals surface area contributed by atoms with E-state index in [0.29, 0.717) is 11.3 Å². The van der Waals surface area contributed by atoms with Crippen molar-refractivity contribution in [2.45, 2.75) is 0 Å². The lowest BCUT2D eigenvalue weighted by molar-refractivity contribution is 0.100. The van der Waals surface area contributed by atoms with Crippen LogP contribution in [-0.2, 0) is 0 Å². The molecule has 0 aliphatic carbocycles. The first-order valence-electron chi connectivity index (χ1n) is 4.65. The number of carbonyl (C=O) groups excluding carboxylic acids is 1. The fourth-order valence-corrected chi connectivity index (χ4v) is 1.63. The number of nitrogens with zero attached hydrogens (tertiary/aromatic N) is 1. The van der Waals surface area contributed by atoms with E-state index in [2.05, 4.69) is 0 Å². The molecule has 0 aromatic carbocycles. The number of Topliss-reactive ketones (excluding diaryl/α,β-unsaturated/α-hetero) is 1. The Hall–Kier alpha value is -1.81. The fraction of sp³-hybridized carbons (Fsp3) is 0.182. The van der Waals surface area contributed by atoms with Gasteiger partial charge in [-0.2, -0.15) is 0 Å². The highest BCUT2D eigenvalue weighted by Gasteiger charge is 2.13. The van der Waals surface area contributed by atoms with Crippen LogP contribution in [0, 0.1) is 0 Å². The summed E-state index contributed by atoms with van der Waals surface area (Å²) < 4.78 is 7.06. The summed E-state index contributed by atoms with van der Waals surface area (Å²) in [6.07, 6.45) is 3.69. The Morgan fingerprint density at radius 2 is 2.27 bits per heavy atom. The van der Waals surface area contributed by atoms with Crippen LogP contribution in [-0.4, -0.2) is 23.8 Å². The first kappa shape index (κ1) is 9.73. The lowest BCUT2D eigenvalue weighted by Gasteiger charge is -2.04. The van der Waals surface area contributed by atoms with Crippen LogP contribution in [0.15, 0.2) is 30.6 Å². The molecule has 15 heavy (non-hydrogen) atoms. The third-order valence-electron chi connectivity index (χ3n) is 2.35. The maximum Gasteiger partial charge on any atom is 0.178 e. The molecule has 4 heteroatoms. The first-order valence-corrected chi connectivity index (χ1v) is 4.65. The van der Waals surface area contributed by atoms with Gasteiger partial charge in [0.2, 0.25) is 0 Å². The second kappa shape index (κ2) is 3.74.